The normalized spacial score (nSPS) is 18.1. The van der Waals surface area contributed by atoms with Crippen molar-refractivity contribution in [1.82, 2.24) is 0 Å². The molecule has 1 heterocycles. The number of hydrogen-bond acceptors (Lipinski definition) is 4. The number of quaternary nitrogens is 1. The van der Waals surface area contributed by atoms with Crippen LogP contribution in [0.2, 0.25) is 0 Å². The van der Waals surface area contributed by atoms with Crippen molar-refractivity contribution in [3.05, 3.63) is 0 Å². The Bertz CT molecular complexity index is 171. The van der Waals surface area contributed by atoms with Crippen LogP contribution in [0.25, 0.3) is 0 Å². The van der Waals surface area contributed by atoms with Crippen LogP contribution in [0.3, 0.4) is 0 Å². The summed E-state index contributed by atoms with van der Waals surface area (Å²) in [7, 11) is 0. The molecule has 1 saturated heterocycles. The highest BCUT2D eigenvalue weighted by Crippen LogP contribution is 1.87. The molecule has 4 nitrogen and oxygen atoms in total. The standard InChI is InChI=1S/C9H17NO3S/c11-9(1-8-14)13-7-4-10-2-5-12-6-3-10/h14H,1-8H2/p+1. The second kappa shape index (κ2) is 7.09. The Labute approximate surface area is 90.0 Å². The van der Waals surface area contributed by atoms with Gasteiger partial charge in [-0.3, -0.25) is 4.79 Å². The van der Waals surface area contributed by atoms with E-state index in [4.69, 9.17) is 9.47 Å². The lowest BCUT2D eigenvalue weighted by Crippen LogP contribution is -3.14. The molecule has 0 aliphatic carbocycles. The van der Waals surface area contributed by atoms with E-state index in [0.717, 1.165) is 32.8 Å². The molecule has 1 N–H and O–H groups in total. The van der Waals surface area contributed by atoms with Crippen LogP contribution in [0.5, 0.6) is 0 Å². The minimum Gasteiger partial charge on any atom is -0.460 e. The van der Waals surface area contributed by atoms with Crippen LogP contribution in [-0.2, 0) is 14.3 Å². The number of carbonyl (C=O) groups is 1. The number of hydrogen-bond donors (Lipinski definition) is 2. The summed E-state index contributed by atoms with van der Waals surface area (Å²) in [6, 6.07) is 0. The molecule has 14 heavy (non-hydrogen) atoms. The monoisotopic (exact) mass is 220 g/mol. The van der Waals surface area contributed by atoms with Crippen molar-refractivity contribution in [2.45, 2.75) is 6.42 Å². The lowest BCUT2D eigenvalue weighted by Gasteiger charge is -2.23. The van der Waals surface area contributed by atoms with Crippen molar-refractivity contribution >= 4 is 18.6 Å². The Kier molecular flexibility index (Phi) is 5.98. The van der Waals surface area contributed by atoms with Crippen molar-refractivity contribution in [3.8, 4) is 0 Å². The number of esters is 1. The van der Waals surface area contributed by atoms with E-state index in [1.807, 2.05) is 0 Å². The molecule has 1 fully saturated rings. The lowest BCUT2D eigenvalue weighted by atomic mass is 10.4. The number of rotatable bonds is 5. The first-order valence-electron chi connectivity index (χ1n) is 5.00. The fourth-order valence-electron chi connectivity index (χ4n) is 1.38. The predicted octanol–water partition coefficient (Wildman–Crippen LogP) is -1.24. The van der Waals surface area contributed by atoms with Gasteiger partial charge in [-0.05, 0) is 0 Å². The third-order valence-electron chi connectivity index (χ3n) is 2.23. The fraction of sp³-hybridized carbons (Fsp3) is 0.889. The maximum absolute atomic E-state index is 11.0. The Morgan fingerprint density at radius 1 is 1.43 bits per heavy atom. The van der Waals surface area contributed by atoms with Crippen LogP contribution in [-0.4, -0.2) is 51.2 Å². The van der Waals surface area contributed by atoms with Crippen LogP contribution in [0, 0.1) is 0 Å². The lowest BCUT2D eigenvalue weighted by molar-refractivity contribution is -0.908. The van der Waals surface area contributed by atoms with Crippen molar-refractivity contribution in [2.75, 3.05) is 45.2 Å². The molecule has 0 radical (unpaired) electrons. The van der Waals surface area contributed by atoms with Gasteiger partial charge in [-0.25, -0.2) is 0 Å². The number of ether oxygens (including phenoxy) is 2. The summed E-state index contributed by atoms with van der Waals surface area (Å²) < 4.78 is 10.3. The maximum atomic E-state index is 11.0. The smallest absolute Gasteiger partial charge is 0.306 e. The zero-order chi connectivity index (χ0) is 10.2. The maximum Gasteiger partial charge on any atom is 0.306 e. The molecule has 0 atom stereocenters. The highest BCUT2D eigenvalue weighted by Gasteiger charge is 2.13. The summed E-state index contributed by atoms with van der Waals surface area (Å²) >= 11 is 3.96. The molecule has 1 rings (SSSR count). The minimum atomic E-state index is -0.146. The van der Waals surface area contributed by atoms with Crippen LogP contribution >= 0.6 is 12.6 Å². The number of thiol groups is 1. The van der Waals surface area contributed by atoms with E-state index in [-0.39, 0.29) is 5.97 Å². The summed E-state index contributed by atoms with van der Waals surface area (Å²) in [5.41, 5.74) is 0. The molecule has 0 aromatic heterocycles. The van der Waals surface area contributed by atoms with Gasteiger partial charge < -0.3 is 14.4 Å². The second-order valence-electron chi connectivity index (χ2n) is 3.31. The molecular formula is C9H18NO3S+. The molecule has 1 aliphatic heterocycles. The average Bonchev–Trinajstić information content (AvgIpc) is 2.20. The molecule has 0 aromatic carbocycles. The van der Waals surface area contributed by atoms with E-state index in [1.165, 1.54) is 4.90 Å². The van der Waals surface area contributed by atoms with Gasteiger partial charge in [-0.2, -0.15) is 12.6 Å². The summed E-state index contributed by atoms with van der Waals surface area (Å²) in [5.74, 6) is 0.413. The molecule has 1 aliphatic rings. The van der Waals surface area contributed by atoms with E-state index in [1.54, 1.807) is 0 Å². The number of carbonyl (C=O) groups excluding carboxylic acids is 1. The van der Waals surface area contributed by atoms with Gasteiger partial charge >= 0.3 is 5.97 Å². The molecule has 0 amide bonds. The van der Waals surface area contributed by atoms with Crippen molar-refractivity contribution in [3.63, 3.8) is 0 Å². The third-order valence-corrected chi connectivity index (χ3v) is 2.46. The minimum absolute atomic E-state index is 0.146. The van der Waals surface area contributed by atoms with Crippen molar-refractivity contribution in [1.29, 1.82) is 0 Å². The summed E-state index contributed by atoms with van der Waals surface area (Å²) in [6.07, 6.45) is 0.404. The number of nitrogens with one attached hydrogen (secondary N) is 1. The van der Waals surface area contributed by atoms with Crippen LogP contribution in [0.15, 0.2) is 0 Å². The van der Waals surface area contributed by atoms with E-state index in [0.29, 0.717) is 18.8 Å². The first kappa shape index (κ1) is 11.8. The molecule has 82 valence electrons. The van der Waals surface area contributed by atoms with Gasteiger partial charge in [0.05, 0.1) is 19.6 Å². The molecule has 0 saturated carbocycles. The zero-order valence-corrected chi connectivity index (χ0v) is 9.22. The van der Waals surface area contributed by atoms with Gasteiger partial charge in [0.1, 0.15) is 26.2 Å². The largest absolute Gasteiger partial charge is 0.460 e. The van der Waals surface area contributed by atoms with E-state index in [9.17, 15) is 4.79 Å². The molecule has 0 unspecified atom stereocenters. The van der Waals surface area contributed by atoms with E-state index in [2.05, 4.69) is 12.6 Å². The highest BCUT2D eigenvalue weighted by molar-refractivity contribution is 7.80. The van der Waals surface area contributed by atoms with Gasteiger partial charge in [0.25, 0.3) is 0 Å². The van der Waals surface area contributed by atoms with Gasteiger partial charge in [0.15, 0.2) is 0 Å². The summed E-state index contributed by atoms with van der Waals surface area (Å²) in [5, 5.41) is 0. The van der Waals surface area contributed by atoms with E-state index >= 15 is 0 Å². The molecular weight excluding hydrogens is 202 g/mol. The first-order valence-corrected chi connectivity index (χ1v) is 5.64. The molecule has 0 bridgehead atoms. The zero-order valence-electron chi connectivity index (χ0n) is 8.33. The van der Waals surface area contributed by atoms with Crippen LogP contribution in [0.4, 0.5) is 0 Å². The number of morpholine rings is 1. The Balaban J connectivity index is 1.99. The van der Waals surface area contributed by atoms with E-state index < -0.39 is 0 Å². The van der Waals surface area contributed by atoms with Crippen LogP contribution in [0.1, 0.15) is 6.42 Å². The Hall–Kier alpha value is -0.260. The average molecular weight is 220 g/mol. The highest BCUT2D eigenvalue weighted by atomic mass is 32.1. The third kappa shape index (κ3) is 4.83. The molecule has 0 aromatic rings. The topological polar surface area (TPSA) is 40.0 Å². The van der Waals surface area contributed by atoms with Crippen LogP contribution < -0.4 is 4.90 Å². The first-order chi connectivity index (χ1) is 6.83. The molecule has 0 spiro atoms. The quantitative estimate of drug-likeness (QED) is 0.450. The van der Waals surface area contributed by atoms with Gasteiger partial charge in [-0.1, -0.05) is 0 Å². The Morgan fingerprint density at radius 3 is 2.79 bits per heavy atom. The van der Waals surface area contributed by atoms with Gasteiger partial charge in [0.2, 0.25) is 0 Å². The van der Waals surface area contributed by atoms with Gasteiger partial charge in [-0.15, -0.1) is 0 Å². The van der Waals surface area contributed by atoms with Crippen molar-refractivity contribution in [2.24, 2.45) is 0 Å². The Morgan fingerprint density at radius 2 is 2.14 bits per heavy atom. The van der Waals surface area contributed by atoms with Crippen molar-refractivity contribution < 1.29 is 19.2 Å². The second-order valence-corrected chi connectivity index (χ2v) is 3.75. The summed E-state index contributed by atoms with van der Waals surface area (Å²) in [4.78, 5) is 12.4. The SMILES string of the molecule is O=C(CCS)OCC[NH+]1CCOCC1. The molecule has 5 heteroatoms. The fourth-order valence-corrected chi connectivity index (χ4v) is 1.57. The predicted molar refractivity (Wildman–Crippen MR) is 55.8 cm³/mol. The summed E-state index contributed by atoms with van der Waals surface area (Å²) in [6.45, 7) is 5.08. The van der Waals surface area contributed by atoms with Gasteiger partial charge in [0, 0.05) is 5.75 Å².